The third-order valence-electron chi connectivity index (χ3n) is 4.19. The lowest BCUT2D eigenvalue weighted by Gasteiger charge is -2.10. The van der Waals surface area contributed by atoms with Gasteiger partial charge in [0.25, 0.3) is 5.91 Å². The summed E-state index contributed by atoms with van der Waals surface area (Å²) in [6.45, 7) is 2.28. The molecule has 3 aromatic carbocycles. The van der Waals surface area contributed by atoms with Crippen molar-refractivity contribution in [2.45, 2.75) is 18.4 Å². The second kappa shape index (κ2) is 9.89. The molecule has 3 aromatic rings. The molecule has 0 radical (unpaired) electrons. The Balaban J connectivity index is 1.57. The Morgan fingerprint density at radius 1 is 0.931 bits per heavy atom. The van der Waals surface area contributed by atoms with E-state index in [9.17, 15) is 14.0 Å². The second-order valence-corrected chi connectivity index (χ2v) is 7.53. The predicted molar refractivity (Wildman–Crippen MR) is 115 cm³/mol. The number of aryl methyl sites for hydroxylation is 1. The fraction of sp³-hybridized carbons (Fsp3) is 0.130. The van der Waals surface area contributed by atoms with Crippen molar-refractivity contribution in [3.8, 4) is 0 Å². The highest BCUT2D eigenvalue weighted by Gasteiger charge is 2.13. The smallest absolute Gasteiger partial charge is 0.252 e. The lowest BCUT2D eigenvalue weighted by Crippen LogP contribution is -2.23. The zero-order valence-corrected chi connectivity index (χ0v) is 16.8. The van der Waals surface area contributed by atoms with E-state index in [0.717, 1.165) is 21.7 Å². The number of halogens is 1. The number of rotatable bonds is 7. The molecule has 0 bridgehead atoms. The quantitative estimate of drug-likeness (QED) is 0.553. The molecule has 0 saturated carbocycles. The van der Waals surface area contributed by atoms with Crippen molar-refractivity contribution in [1.82, 2.24) is 5.32 Å². The van der Waals surface area contributed by atoms with Gasteiger partial charge in [-0.05, 0) is 48.9 Å². The molecular formula is C23H21FN2O2S. The highest BCUT2D eigenvalue weighted by Crippen LogP contribution is 2.23. The number of benzene rings is 3. The van der Waals surface area contributed by atoms with Crippen LogP contribution in [0.2, 0.25) is 0 Å². The van der Waals surface area contributed by atoms with Crippen LogP contribution in [0.3, 0.4) is 0 Å². The number of hydrogen-bond acceptors (Lipinski definition) is 3. The van der Waals surface area contributed by atoms with Crippen LogP contribution in [0.1, 0.15) is 21.5 Å². The molecular weight excluding hydrogens is 387 g/mol. The molecule has 0 fully saturated rings. The molecule has 0 aromatic heterocycles. The molecule has 6 heteroatoms. The number of carbonyl (C=O) groups is 2. The summed E-state index contributed by atoms with van der Waals surface area (Å²) in [5.41, 5.74) is 3.18. The Hall–Kier alpha value is -3.12. The van der Waals surface area contributed by atoms with Gasteiger partial charge in [0.05, 0.1) is 11.3 Å². The van der Waals surface area contributed by atoms with Crippen molar-refractivity contribution >= 4 is 29.3 Å². The van der Waals surface area contributed by atoms with Crippen molar-refractivity contribution in [2.75, 3.05) is 11.1 Å². The van der Waals surface area contributed by atoms with Crippen LogP contribution < -0.4 is 10.6 Å². The zero-order valence-electron chi connectivity index (χ0n) is 15.9. The van der Waals surface area contributed by atoms with Crippen LogP contribution >= 0.6 is 11.8 Å². The normalized spacial score (nSPS) is 10.4. The predicted octanol–water partition coefficient (Wildman–Crippen LogP) is 4.79. The van der Waals surface area contributed by atoms with Gasteiger partial charge in [0.2, 0.25) is 5.91 Å². The van der Waals surface area contributed by atoms with E-state index in [-0.39, 0.29) is 23.4 Å². The van der Waals surface area contributed by atoms with Crippen molar-refractivity contribution in [3.05, 3.63) is 95.3 Å². The Morgan fingerprint density at radius 3 is 2.34 bits per heavy atom. The monoisotopic (exact) mass is 408 g/mol. The van der Waals surface area contributed by atoms with E-state index in [4.69, 9.17) is 0 Å². The Morgan fingerprint density at radius 2 is 1.62 bits per heavy atom. The molecule has 0 heterocycles. The molecule has 0 aliphatic rings. The fourth-order valence-electron chi connectivity index (χ4n) is 2.64. The van der Waals surface area contributed by atoms with Gasteiger partial charge in [-0.15, -0.1) is 11.8 Å². The van der Waals surface area contributed by atoms with Gasteiger partial charge in [0.15, 0.2) is 0 Å². The first-order valence-electron chi connectivity index (χ1n) is 9.12. The van der Waals surface area contributed by atoms with Crippen molar-refractivity contribution in [3.63, 3.8) is 0 Å². The summed E-state index contributed by atoms with van der Waals surface area (Å²) in [5.74, 6) is -0.502. The van der Waals surface area contributed by atoms with Gasteiger partial charge in [-0.3, -0.25) is 9.59 Å². The molecule has 2 N–H and O–H groups in total. The molecule has 3 rings (SSSR count). The molecule has 0 saturated heterocycles. The van der Waals surface area contributed by atoms with Crippen molar-refractivity contribution in [1.29, 1.82) is 0 Å². The first kappa shape index (κ1) is 20.6. The van der Waals surface area contributed by atoms with E-state index >= 15 is 0 Å². The van der Waals surface area contributed by atoms with E-state index in [1.54, 1.807) is 24.3 Å². The summed E-state index contributed by atoms with van der Waals surface area (Å²) in [4.78, 5) is 25.5. The number of amides is 2. The molecule has 0 aliphatic carbocycles. The molecule has 0 atom stereocenters. The van der Waals surface area contributed by atoms with E-state index < -0.39 is 0 Å². The average molecular weight is 408 g/mol. The van der Waals surface area contributed by atoms with Crippen LogP contribution in [-0.2, 0) is 11.3 Å². The number of hydrogen-bond donors (Lipinski definition) is 2. The van der Waals surface area contributed by atoms with Crippen molar-refractivity contribution in [2.24, 2.45) is 0 Å². The maximum absolute atomic E-state index is 13.0. The first-order chi connectivity index (χ1) is 14.0. The van der Waals surface area contributed by atoms with Gasteiger partial charge in [0, 0.05) is 17.1 Å². The molecule has 4 nitrogen and oxygen atoms in total. The van der Waals surface area contributed by atoms with Crippen LogP contribution in [0, 0.1) is 12.7 Å². The molecule has 2 amide bonds. The van der Waals surface area contributed by atoms with Crippen LogP contribution in [0.15, 0.2) is 77.7 Å². The maximum Gasteiger partial charge on any atom is 0.252 e. The van der Waals surface area contributed by atoms with Gasteiger partial charge >= 0.3 is 0 Å². The van der Waals surface area contributed by atoms with Gasteiger partial charge in [0.1, 0.15) is 5.82 Å². The fourth-order valence-corrected chi connectivity index (χ4v) is 3.49. The van der Waals surface area contributed by atoms with Crippen LogP contribution in [0.4, 0.5) is 10.1 Å². The minimum Gasteiger partial charge on any atom is -0.348 e. The number of carbonyl (C=O) groups excluding carboxylic acids is 2. The van der Waals surface area contributed by atoms with Gasteiger partial charge in [-0.1, -0.05) is 42.0 Å². The molecule has 29 heavy (non-hydrogen) atoms. The first-order valence-corrected chi connectivity index (χ1v) is 10.1. The molecule has 0 spiro atoms. The summed E-state index contributed by atoms with van der Waals surface area (Å²) in [7, 11) is 0. The summed E-state index contributed by atoms with van der Waals surface area (Å²) < 4.78 is 13.0. The zero-order chi connectivity index (χ0) is 20.6. The number of nitrogens with one attached hydrogen (secondary N) is 2. The van der Waals surface area contributed by atoms with Crippen LogP contribution in [0.25, 0.3) is 0 Å². The van der Waals surface area contributed by atoms with Gasteiger partial charge < -0.3 is 10.6 Å². The van der Waals surface area contributed by atoms with E-state index in [2.05, 4.69) is 10.6 Å². The van der Waals surface area contributed by atoms with Crippen molar-refractivity contribution < 1.29 is 14.0 Å². The highest BCUT2D eigenvalue weighted by molar-refractivity contribution is 8.00. The highest BCUT2D eigenvalue weighted by atomic mass is 32.2. The van der Waals surface area contributed by atoms with Crippen LogP contribution in [-0.4, -0.2) is 17.6 Å². The molecule has 148 valence electrons. The average Bonchev–Trinajstić information content (AvgIpc) is 2.73. The lowest BCUT2D eigenvalue weighted by molar-refractivity contribution is -0.113. The van der Waals surface area contributed by atoms with Gasteiger partial charge in [-0.2, -0.15) is 0 Å². The Kier molecular flexibility index (Phi) is 7.03. The lowest BCUT2D eigenvalue weighted by atomic mass is 10.2. The van der Waals surface area contributed by atoms with E-state index in [1.165, 1.54) is 23.9 Å². The third kappa shape index (κ3) is 6.19. The minimum absolute atomic E-state index is 0.139. The maximum atomic E-state index is 13.0. The topological polar surface area (TPSA) is 58.2 Å². The Bertz CT molecular complexity index is 989. The molecule has 0 unspecified atom stereocenters. The SMILES string of the molecule is Cc1ccc(NC(=O)CSc2ccccc2C(=O)NCc2ccc(F)cc2)cc1. The summed E-state index contributed by atoms with van der Waals surface area (Å²) in [6, 6.07) is 20.7. The Labute approximate surface area is 173 Å². The standard InChI is InChI=1S/C23H21FN2O2S/c1-16-6-12-19(13-7-16)26-22(27)15-29-21-5-3-2-4-20(21)23(28)25-14-17-8-10-18(24)11-9-17/h2-13H,14-15H2,1H3,(H,25,28)(H,26,27). The van der Waals surface area contributed by atoms with Gasteiger partial charge in [-0.25, -0.2) is 4.39 Å². The summed E-state index contributed by atoms with van der Waals surface area (Å²) in [6.07, 6.45) is 0. The van der Waals surface area contributed by atoms with E-state index in [1.807, 2.05) is 43.3 Å². The number of anilines is 1. The third-order valence-corrected chi connectivity index (χ3v) is 5.27. The summed E-state index contributed by atoms with van der Waals surface area (Å²) >= 11 is 1.31. The minimum atomic E-state index is -0.314. The van der Waals surface area contributed by atoms with Crippen LogP contribution in [0.5, 0.6) is 0 Å². The second-order valence-electron chi connectivity index (χ2n) is 6.51. The largest absolute Gasteiger partial charge is 0.348 e. The number of thioether (sulfide) groups is 1. The summed E-state index contributed by atoms with van der Waals surface area (Å²) in [5, 5.41) is 5.68. The van der Waals surface area contributed by atoms with E-state index in [0.29, 0.717) is 12.1 Å². The molecule has 0 aliphatic heterocycles.